The molecule has 2 rings (SSSR count). The monoisotopic (exact) mass is 293 g/mol. The van der Waals surface area contributed by atoms with Gasteiger partial charge in [-0.05, 0) is 37.6 Å². The fourth-order valence-corrected chi connectivity index (χ4v) is 2.62. The lowest BCUT2D eigenvalue weighted by Crippen LogP contribution is -2.15. The van der Waals surface area contributed by atoms with Crippen molar-refractivity contribution in [3.63, 3.8) is 0 Å². The van der Waals surface area contributed by atoms with Crippen LogP contribution in [0.15, 0.2) is 24.3 Å². The van der Waals surface area contributed by atoms with Gasteiger partial charge in [-0.1, -0.05) is 6.07 Å². The van der Waals surface area contributed by atoms with E-state index in [1.54, 1.807) is 6.07 Å². The minimum atomic E-state index is -1.29. The highest BCUT2D eigenvalue weighted by molar-refractivity contribution is 7.14. The summed E-state index contributed by atoms with van der Waals surface area (Å²) in [5, 5.41) is 11.3. The molecule has 0 bridgehead atoms. The summed E-state index contributed by atoms with van der Waals surface area (Å²) in [4.78, 5) is 24.5. The summed E-state index contributed by atoms with van der Waals surface area (Å²) >= 11 is 1.28. The van der Waals surface area contributed by atoms with Gasteiger partial charge in [0.15, 0.2) is 0 Å². The number of aryl methyl sites for hydroxylation is 2. The normalized spacial score (nSPS) is 10.3. The topological polar surface area (TPSA) is 66.4 Å². The number of carboxylic acids is 1. The molecule has 0 aliphatic heterocycles. The van der Waals surface area contributed by atoms with Gasteiger partial charge in [0.2, 0.25) is 0 Å². The van der Waals surface area contributed by atoms with Gasteiger partial charge >= 0.3 is 5.97 Å². The number of benzene rings is 1. The van der Waals surface area contributed by atoms with E-state index in [0.29, 0.717) is 4.88 Å². The van der Waals surface area contributed by atoms with Crippen molar-refractivity contribution in [2.75, 3.05) is 5.32 Å². The number of nitrogens with one attached hydrogen (secondary N) is 1. The van der Waals surface area contributed by atoms with Crippen LogP contribution in [-0.4, -0.2) is 17.0 Å². The molecule has 0 saturated heterocycles. The van der Waals surface area contributed by atoms with E-state index in [9.17, 15) is 14.0 Å². The molecule has 1 aromatic heterocycles. The first-order chi connectivity index (χ1) is 9.40. The van der Waals surface area contributed by atoms with E-state index in [-0.39, 0.29) is 11.3 Å². The van der Waals surface area contributed by atoms with Crippen molar-refractivity contribution in [2.45, 2.75) is 13.8 Å². The molecule has 0 aliphatic carbocycles. The summed E-state index contributed by atoms with van der Waals surface area (Å²) in [6, 6.07) is 5.32. The predicted molar refractivity (Wildman–Crippen MR) is 75.1 cm³/mol. The van der Waals surface area contributed by atoms with Gasteiger partial charge in [0.05, 0.1) is 16.1 Å². The molecule has 0 unspecified atom stereocenters. The van der Waals surface area contributed by atoms with Crippen LogP contribution in [0.3, 0.4) is 0 Å². The van der Waals surface area contributed by atoms with E-state index in [1.807, 2.05) is 13.8 Å². The number of para-hydroxylation sites is 1. The molecule has 0 atom stereocenters. The number of carboxylic acid groups (broad SMARTS) is 1. The number of hydrogen-bond acceptors (Lipinski definition) is 3. The number of aromatic carboxylic acids is 1. The summed E-state index contributed by atoms with van der Waals surface area (Å²) in [7, 11) is 0. The third kappa shape index (κ3) is 2.70. The number of carbonyl (C=O) groups is 2. The van der Waals surface area contributed by atoms with E-state index < -0.39 is 17.7 Å². The second-order valence-corrected chi connectivity index (χ2v) is 5.53. The minimum Gasteiger partial charge on any atom is -0.478 e. The quantitative estimate of drug-likeness (QED) is 0.910. The Bertz CT molecular complexity index is 674. The first kappa shape index (κ1) is 14.2. The van der Waals surface area contributed by atoms with Gasteiger partial charge in [-0.15, -0.1) is 11.3 Å². The highest BCUT2D eigenvalue weighted by Crippen LogP contribution is 2.24. The molecule has 0 spiro atoms. The second-order valence-electron chi connectivity index (χ2n) is 4.27. The van der Waals surface area contributed by atoms with Crippen molar-refractivity contribution in [1.29, 1.82) is 0 Å². The molecular weight excluding hydrogens is 281 g/mol. The van der Waals surface area contributed by atoms with E-state index in [2.05, 4.69) is 5.32 Å². The third-order valence-electron chi connectivity index (χ3n) is 2.87. The molecule has 0 radical (unpaired) electrons. The molecule has 0 aliphatic rings. The molecule has 104 valence electrons. The van der Waals surface area contributed by atoms with Gasteiger partial charge < -0.3 is 10.4 Å². The lowest BCUT2D eigenvalue weighted by Gasteiger charge is -2.08. The van der Waals surface area contributed by atoms with Crippen molar-refractivity contribution in [1.82, 2.24) is 0 Å². The molecule has 2 N–H and O–H groups in total. The molecule has 20 heavy (non-hydrogen) atoms. The van der Waals surface area contributed by atoms with Crippen LogP contribution in [0.5, 0.6) is 0 Å². The van der Waals surface area contributed by atoms with Crippen molar-refractivity contribution in [3.8, 4) is 0 Å². The Kier molecular flexibility index (Phi) is 3.85. The Labute approximate surface area is 118 Å². The first-order valence-corrected chi connectivity index (χ1v) is 6.62. The summed E-state index contributed by atoms with van der Waals surface area (Å²) in [6.45, 7) is 3.75. The van der Waals surface area contributed by atoms with Crippen LogP contribution >= 0.6 is 11.3 Å². The van der Waals surface area contributed by atoms with Gasteiger partial charge in [-0.25, -0.2) is 9.18 Å². The first-order valence-electron chi connectivity index (χ1n) is 5.80. The summed E-state index contributed by atoms with van der Waals surface area (Å²) < 4.78 is 13.7. The van der Waals surface area contributed by atoms with Crippen LogP contribution in [0, 0.1) is 19.7 Å². The van der Waals surface area contributed by atoms with Crippen molar-refractivity contribution >= 4 is 28.9 Å². The van der Waals surface area contributed by atoms with Crippen LogP contribution in [0.25, 0.3) is 0 Å². The average Bonchev–Trinajstić information content (AvgIpc) is 2.72. The lowest BCUT2D eigenvalue weighted by atomic mass is 10.1. The van der Waals surface area contributed by atoms with Crippen LogP contribution in [-0.2, 0) is 0 Å². The highest BCUT2D eigenvalue weighted by Gasteiger charge is 2.18. The predicted octanol–water partition coefficient (Wildman–Crippen LogP) is 3.45. The zero-order chi connectivity index (χ0) is 14.9. The van der Waals surface area contributed by atoms with E-state index in [1.165, 1.54) is 23.5 Å². The Morgan fingerprint density at radius 1 is 1.30 bits per heavy atom. The van der Waals surface area contributed by atoms with Gasteiger partial charge in [0.25, 0.3) is 5.91 Å². The number of halogens is 1. The zero-order valence-corrected chi connectivity index (χ0v) is 11.7. The number of carbonyl (C=O) groups excluding carboxylic acids is 1. The molecule has 0 saturated carbocycles. The van der Waals surface area contributed by atoms with Crippen LogP contribution < -0.4 is 5.32 Å². The smallest absolute Gasteiger partial charge is 0.337 e. The van der Waals surface area contributed by atoms with E-state index in [0.717, 1.165) is 16.5 Å². The number of hydrogen-bond donors (Lipinski definition) is 2. The molecule has 1 aromatic carbocycles. The maximum absolute atomic E-state index is 13.7. The SMILES string of the molecule is Cc1cc(C(=O)Nc2c(F)cccc2C(=O)O)sc1C. The molecule has 4 nitrogen and oxygen atoms in total. The molecule has 6 heteroatoms. The van der Waals surface area contributed by atoms with Gasteiger partial charge in [-0.2, -0.15) is 0 Å². The van der Waals surface area contributed by atoms with Gasteiger partial charge in [0, 0.05) is 4.88 Å². The Balaban J connectivity index is 2.35. The third-order valence-corrected chi connectivity index (χ3v) is 4.02. The minimum absolute atomic E-state index is 0.275. The van der Waals surface area contributed by atoms with Crippen molar-refractivity contribution < 1.29 is 19.1 Å². The van der Waals surface area contributed by atoms with Crippen LogP contribution in [0.2, 0.25) is 0 Å². The maximum atomic E-state index is 13.7. The summed E-state index contributed by atoms with van der Waals surface area (Å²) in [6.07, 6.45) is 0. The second kappa shape index (κ2) is 5.42. The Morgan fingerprint density at radius 3 is 2.55 bits per heavy atom. The van der Waals surface area contributed by atoms with Crippen LogP contribution in [0.4, 0.5) is 10.1 Å². The average molecular weight is 293 g/mol. The van der Waals surface area contributed by atoms with Gasteiger partial charge in [-0.3, -0.25) is 4.79 Å². The number of rotatable bonds is 3. The largest absolute Gasteiger partial charge is 0.478 e. The molecule has 1 heterocycles. The number of thiophene rings is 1. The van der Waals surface area contributed by atoms with E-state index >= 15 is 0 Å². The number of anilines is 1. The summed E-state index contributed by atoms with van der Waals surface area (Å²) in [5.74, 6) is -2.58. The molecule has 0 fully saturated rings. The maximum Gasteiger partial charge on any atom is 0.337 e. The van der Waals surface area contributed by atoms with E-state index in [4.69, 9.17) is 5.11 Å². The number of amides is 1. The lowest BCUT2D eigenvalue weighted by molar-refractivity contribution is 0.0697. The fourth-order valence-electron chi connectivity index (χ4n) is 1.69. The fraction of sp³-hybridized carbons (Fsp3) is 0.143. The molecular formula is C14H12FNO3S. The van der Waals surface area contributed by atoms with Crippen molar-refractivity contribution in [3.05, 3.63) is 51.0 Å². The summed E-state index contributed by atoms with van der Waals surface area (Å²) in [5.41, 5.74) is 0.379. The zero-order valence-electron chi connectivity index (χ0n) is 10.9. The van der Waals surface area contributed by atoms with Crippen molar-refractivity contribution in [2.24, 2.45) is 0 Å². The van der Waals surface area contributed by atoms with Gasteiger partial charge in [0.1, 0.15) is 5.82 Å². The molecule has 2 aromatic rings. The molecule has 1 amide bonds. The Hall–Kier alpha value is -2.21. The van der Waals surface area contributed by atoms with Crippen LogP contribution in [0.1, 0.15) is 30.5 Å². The Morgan fingerprint density at radius 2 is 2.00 bits per heavy atom. The standard InChI is InChI=1S/C14H12FNO3S/c1-7-6-11(20-8(7)2)13(17)16-12-9(14(18)19)4-3-5-10(12)15/h3-6H,1-2H3,(H,16,17)(H,18,19). The highest BCUT2D eigenvalue weighted by atomic mass is 32.1.